The fourth-order valence-corrected chi connectivity index (χ4v) is 3.32. The van der Waals surface area contributed by atoms with E-state index in [9.17, 15) is 14.0 Å². The van der Waals surface area contributed by atoms with Crippen LogP contribution in [0.15, 0.2) is 45.1 Å². The Hall–Kier alpha value is -2.68. The zero-order valence-corrected chi connectivity index (χ0v) is 15.1. The standard InChI is InChI=1S/C17H18FN5O2S/c1-3-10(2)26-17-22-21-14(8-12-9-15(24)20-16(25)19-12)23(17)13-6-4-11(18)5-7-13/h4-7,9-10H,3,8H2,1-2H3,(H2,19,20,24,25)/t10-/m1/s1. The van der Waals surface area contributed by atoms with Gasteiger partial charge in [-0.2, -0.15) is 0 Å². The largest absolute Gasteiger partial charge is 0.325 e. The molecule has 3 aromatic rings. The van der Waals surface area contributed by atoms with Gasteiger partial charge < -0.3 is 4.98 Å². The van der Waals surface area contributed by atoms with Gasteiger partial charge >= 0.3 is 5.69 Å². The van der Waals surface area contributed by atoms with Crippen LogP contribution >= 0.6 is 11.8 Å². The molecule has 7 nitrogen and oxygen atoms in total. The maximum Gasteiger partial charge on any atom is 0.325 e. The van der Waals surface area contributed by atoms with Gasteiger partial charge in [0, 0.05) is 29.1 Å². The van der Waals surface area contributed by atoms with Gasteiger partial charge in [-0.1, -0.05) is 25.6 Å². The second-order valence-electron chi connectivity index (χ2n) is 5.84. The Bertz CT molecular complexity index is 981. The molecule has 1 aromatic carbocycles. The molecule has 1 atom stereocenters. The van der Waals surface area contributed by atoms with Gasteiger partial charge in [0.05, 0.1) is 0 Å². The number of aromatic nitrogens is 5. The molecule has 0 unspecified atom stereocenters. The predicted octanol–water partition coefficient (Wildman–Crippen LogP) is 2.26. The molecule has 0 aliphatic rings. The van der Waals surface area contributed by atoms with Gasteiger partial charge in [0.15, 0.2) is 5.16 Å². The summed E-state index contributed by atoms with van der Waals surface area (Å²) in [6.45, 7) is 4.17. The predicted molar refractivity (Wildman–Crippen MR) is 97.4 cm³/mol. The molecule has 3 rings (SSSR count). The molecule has 0 bridgehead atoms. The van der Waals surface area contributed by atoms with Crippen LogP contribution in [0.2, 0.25) is 0 Å². The van der Waals surface area contributed by atoms with Gasteiger partial charge in [-0.3, -0.25) is 14.3 Å². The Balaban J connectivity index is 2.05. The number of nitrogens with one attached hydrogen (secondary N) is 2. The molecule has 0 radical (unpaired) electrons. The van der Waals surface area contributed by atoms with Crippen LogP contribution in [-0.2, 0) is 6.42 Å². The molecule has 0 fully saturated rings. The van der Waals surface area contributed by atoms with Gasteiger partial charge in [-0.05, 0) is 30.7 Å². The summed E-state index contributed by atoms with van der Waals surface area (Å²) in [6, 6.07) is 7.33. The minimum absolute atomic E-state index is 0.213. The topological polar surface area (TPSA) is 96.4 Å². The van der Waals surface area contributed by atoms with Crippen LogP contribution in [0, 0.1) is 5.82 Å². The molecule has 0 saturated heterocycles. The number of nitrogens with zero attached hydrogens (tertiary/aromatic N) is 3. The summed E-state index contributed by atoms with van der Waals surface area (Å²) < 4.78 is 15.1. The number of thioether (sulfide) groups is 1. The Morgan fingerprint density at radius 1 is 1.19 bits per heavy atom. The van der Waals surface area contributed by atoms with E-state index >= 15 is 0 Å². The fourth-order valence-electron chi connectivity index (χ4n) is 2.39. The van der Waals surface area contributed by atoms with E-state index < -0.39 is 11.2 Å². The summed E-state index contributed by atoms with van der Waals surface area (Å²) in [5.41, 5.74) is 0.0827. The number of halogens is 1. The lowest BCUT2D eigenvalue weighted by Crippen LogP contribution is -2.23. The second kappa shape index (κ2) is 7.69. The third-order valence-electron chi connectivity index (χ3n) is 3.83. The molecule has 0 aliphatic heterocycles. The molecule has 136 valence electrons. The van der Waals surface area contributed by atoms with Crippen LogP contribution in [-0.4, -0.2) is 30.0 Å². The second-order valence-corrected chi connectivity index (χ2v) is 7.24. The van der Waals surface area contributed by atoms with E-state index in [1.165, 1.54) is 18.2 Å². The van der Waals surface area contributed by atoms with Gasteiger partial charge in [0.1, 0.15) is 11.6 Å². The average Bonchev–Trinajstić information content (AvgIpc) is 2.96. The molecule has 0 saturated carbocycles. The Labute approximate surface area is 152 Å². The molecule has 0 amide bonds. The van der Waals surface area contributed by atoms with Crippen molar-refractivity contribution < 1.29 is 4.39 Å². The van der Waals surface area contributed by atoms with Crippen LogP contribution in [0.4, 0.5) is 4.39 Å². The summed E-state index contributed by atoms with van der Waals surface area (Å²) in [7, 11) is 0. The van der Waals surface area contributed by atoms with Crippen molar-refractivity contribution in [2.24, 2.45) is 0 Å². The van der Waals surface area contributed by atoms with Crippen molar-refractivity contribution in [3.8, 4) is 5.69 Å². The molecule has 2 aromatic heterocycles. The Morgan fingerprint density at radius 3 is 2.58 bits per heavy atom. The van der Waals surface area contributed by atoms with Crippen molar-refractivity contribution in [2.45, 2.75) is 37.1 Å². The summed E-state index contributed by atoms with van der Waals surface area (Å²) in [5, 5.41) is 9.47. The number of hydrogen-bond acceptors (Lipinski definition) is 5. The summed E-state index contributed by atoms with van der Waals surface area (Å²) in [6.07, 6.45) is 1.17. The molecule has 26 heavy (non-hydrogen) atoms. The van der Waals surface area contributed by atoms with E-state index in [4.69, 9.17) is 0 Å². The summed E-state index contributed by atoms with van der Waals surface area (Å²) >= 11 is 1.56. The summed E-state index contributed by atoms with van der Waals surface area (Å²) in [4.78, 5) is 27.7. The molecular formula is C17H18FN5O2S. The first-order valence-corrected chi connectivity index (χ1v) is 9.03. The highest BCUT2D eigenvalue weighted by molar-refractivity contribution is 7.99. The van der Waals surface area contributed by atoms with E-state index in [0.29, 0.717) is 27.6 Å². The highest BCUT2D eigenvalue weighted by Crippen LogP contribution is 2.27. The van der Waals surface area contributed by atoms with Crippen LogP contribution in [0.25, 0.3) is 5.69 Å². The molecule has 0 spiro atoms. The smallest absolute Gasteiger partial charge is 0.311 e. The minimum Gasteiger partial charge on any atom is -0.311 e. The van der Waals surface area contributed by atoms with Crippen molar-refractivity contribution in [1.82, 2.24) is 24.7 Å². The number of aromatic amines is 2. The normalized spacial score (nSPS) is 12.3. The molecule has 2 N–H and O–H groups in total. The van der Waals surface area contributed by atoms with Crippen molar-refractivity contribution in [2.75, 3.05) is 0 Å². The van der Waals surface area contributed by atoms with Crippen molar-refractivity contribution in [3.05, 3.63) is 68.5 Å². The minimum atomic E-state index is -0.574. The van der Waals surface area contributed by atoms with Gasteiger partial charge in [0.2, 0.25) is 0 Å². The third kappa shape index (κ3) is 4.10. The average molecular weight is 375 g/mol. The zero-order valence-electron chi connectivity index (χ0n) is 14.3. The monoisotopic (exact) mass is 375 g/mol. The van der Waals surface area contributed by atoms with Crippen molar-refractivity contribution in [1.29, 1.82) is 0 Å². The number of hydrogen-bond donors (Lipinski definition) is 2. The fraction of sp³-hybridized carbons (Fsp3) is 0.294. The summed E-state index contributed by atoms with van der Waals surface area (Å²) in [5.74, 6) is 0.210. The van der Waals surface area contributed by atoms with Gasteiger partial charge in [0.25, 0.3) is 5.56 Å². The van der Waals surface area contributed by atoms with Crippen LogP contribution < -0.4 is 11.2 Å². The van der Waals surface area contributed by atoms with Crippen LogP contribution in [0.5, 0.6) is 0 Å². The van der Waals surface area contributed by atoms with E-state index in [0.717, 1.165) is 6.42 Å². The van der Waals surface area contributed by atoms with E-state index in [-0.39, 0.29) is 12.2 Å². The lowest BCUT2D eigenvalue weighted by molar-refractivity contribution is 0.627. The first kappa shape index (κ1) is 18.1. The third-order valence-corrected chi connectivity index (χ3v) is 5.04. The van der Waals surface area contributed by atoms with E-state index in [1.54, 1.807) is 23.9 Å². The lowest BCUT2D eigenvalue weighted by atomic mass is 10.2. The molecule has 0 aliphatic carbocycles. The SMILES string of the molecule is CC[C@@H](C)Sc1nnc(Cc2cc(=O)[nH]c(=O)[nH]2)n1-c1ccc(F)cc1. The quantitative estimate of drug-likeness (QED) is 0.644. The van der Waals surface area contributed by atoms with Crippen molar-refractivity contribution >= 4 is 11.8 Å². The van der Waals surface area contributed by atoms with Crippen molar-refractivity contribution in [3.63, 3.8) is 0 Å². The van der Waals surface area contributed by atoms with Gasteiger partial charge in [-0.15, -0.1) is 10.2 Å². The Kier molecular flexibility index (Phi) is 5.36. The highest BCUT2D eigenvalue weighted by Gasteiger charge is 2.17. The lowest BCUT2D eigenvalue weighted by Gasteiger charge is -2.12. The highest BCUT2D eigenvalue weighted by atomic mass is 32.2. The number of H-pyrrole nitrogens is 2. The molecule has 2 heterocycles. The zero-order chi connectivity index (χ0) is 18.7. The molecular weight excluding hydrogens is 357 g/mol. The van der Waals surface area contributed by atoms with E-state index in [1.807, 2.05) is 4.57 Å². The maximum atomic E-state index is 13.3. The number of rotatable bonds is 6. The maximum absolute atomic E-state index is 13.3. The Morgan fingerprint density at radius 2 is 1.92 bits per heavy atom. The van der Waals surface area contributed by atoms with Crippen LogP contribution in [0.1, 0.15) is 31.8 Å². The first-order valence-electron chi connectivity index (χ1n) is 8.15. The van der Waals surface area contributed by atoms with Crippen LogP contribution in [0.3, 0.4) is 0 Å². The van der Waals surface area contributed by atoms with Gasteiger partial charge in [-0.25, -0.2) is 9.18 Å². The number of benzene rings is 1. The molecule has 9 heteroatoms. The first-order chi connectivity index (χ1) is 12.5. The van der Waals surface area contributed by atoms with E-state index in [2.05, 4.69) is 34.0 Å².